The summed E-state index contributed by atoms with van der Waals surface area (Å²) in [6.45, 7) is 5.00. The molecule has 0 radical (unpaired) electrons. The second-order valence-corrected chi connectivity index (χ2v) is 5.12. The minimum atomic E-state index is -0.876. The number of aliphatic hydroxyl groups is 2. The van der Waals surface area contributed by atoms with Crippen molar-refractivity contribution in [2.24, 2.45) is 5.73 Å². The molecule has 4 N–H and O–H groups in total. The Kier molecular flexibility index (Phi) is 4.35. The summed E-state index contributed by atoms with van der Waals surface area (Å²) >= 11 is 0. The molecule has 0 aliphatic carbocycles. The fourth-order valence-electron chi connectivity index (χ4n) is 2.35. The number of nitrogens with zero attached hydrogens (tertiary/aromatic N) is 2. The van der Waals surface area contributed by atoms with Gasteiger partial charge in [0.25, 0.3) is 0 Å². The predicted octanol–water partition coefficient (Wildman–Crippen LogP) is -2.32. The highest BCUT2D eigenvalue weighted by atomic mass is 16.5. The van der Waals surface area contributed by atoms with Crippen molar-refractivity contribution in [3.05, 3.63) is 0 Å². The van der Waals surface area contributed by atoms with Gasteiger partial charge in [0.2, 0.25) is 0 Å². The van der Waals surface area contributed by atoms with E-state index in [-0.39, 0.29) is 6.10 Å². The van der Waals surface area contributed by atoms with Gasteiger partial charge in [-0.05, 0) is 7.05 Å². The number of likely N-dealkylation sites (N-methyl/N-ethyl adjacent to an activating group) is 1. The summed E-state index contributed by atoms with van der Waals surface area (Å²) in [5.41, 5.74) is 5.63. The lowest BCUT2D eigenvalue weighted by molar-refractivity contribution is -0.151. The highest BCUT2D eigenvalue weighted by molar-refractivity contribution is 4.90. The molecule has 2 saturated heterocycles. The van der Waals surface area contributed by atoms with Crippen molar-refractivity contribution in [2.45, 2.75) is 24.4 Å². The molecule has 4 atom stereocenters. The fourth-order valence-corrected chi connectivity index (χ4v) is 2.35. The Hall–Kier alpha value is -0.240. The van der Waals surface area contributed by atoms with E-state index in [2.05, 4.69) is 16.8 Å². The molecule has 2 aliphatic heterocycles. The Balaban J connectivity index is 1.82. The summed E-state index contributed by atoms with van der Waals surface area (Å²) in [4.78, 5) is 4.54. The molecule has 0 spiro atoms. The molecule has 0 unspecified atom stereocenters. The van der Waals surface area contributed by atoms with Crippen molar-refractivity contribution in [2.75, 3.05) is 46.4 Å². The molecular weight excluding hydrogens is 222 g/mol. The summed E-state index contributed by atoms with van der Waals surface area (Å²) in [6.07, 6.45) is -2.08. The normalized spacial score (nSPS) is 41.6. The molecule has 17 heavy (non-hydrogen) atoms. The van der Waals surface area contributed by atoms with Gasteiger partial charge in [-0.1, -0.05) is 0 Å². The third kappa shape index (κ3) is 3.15. The van der Waals surface area contributed by atoms with Crippen LogP contribution in [0.5, 0.6) is 0 Å². The van der Waals surface area contributed by atoms with Gasteiger partial charge in [-0.2, -0.15) is 0 Å². The van der Waals surface area contributed by atoms with Crippen LogP contribution in [0.3, 0.4) is 0 Å². The van der Waals surface area contributed by atoms with E-state index in [1.54, 1.807) is 0 Å². The van der Waals surface area contributed by atoms with Crippen molar-refractivity contribution in [1.82, 2.24) is 9.80 Å². The highest BCUT2D eigenvalue weighted by Crippen LogP contribution is 2.16. The van der Waals surface area contributed by atoms with Crippen LogP contribution < -0.4 is 5.73 Å². The van der Waals surface area contributed by atoms with E-state index in [0.29, 0.717) is 13.2 Å². The Morgan fingerprint density at radius 3 is 2.47 bits per heavy atom. The maximum atomic E-state index is 9.90. The number of piperazine rings is 1. The van der Waals surface area contributed by atoms with Crippen molar-refractivity contribution < 1.29 is 14.9 Å². The first-order chi connectivity index (χ1) is 8.08. The fraction of sp³-hybridized carbons (Fsp3) is 1.00. The maximum absolute atomic E-state index is 9.90. The van der Waals surface area contributed by atoms with E-state index >= 15 is 0 Å². The average molecular weight is 245 g/mol. The average Bonchev–Trinajstić information content (AvgIpc) is 2.33. The number of ether oxygens (including phenoxy) is 1. The second kappa shape index (κ2) is 5.60. The molecule has 0 amide bonds. The van der Waals surface area contributed by atoms with Gasteiger partial charge < -0.3 is 25.6 Å². The molecular formula is C11H23N3O3. The largest absolute Gasteiger partial charge is 0.389 e. The minimum Gasteiger partial charge on any atom is -0.389 e. The zero-order valence-electron chi connectivity index (χ0n) is 10.3. The number of nitrogens with two attached hydrogens (primary N) is 1. The van der Waals surface area contributed by atoms with Crippen molar-refractivity contribution >= 4 is 0 Å². The quantitative estimate of drug-likeness (QED) is 0.507. The molecule has 2 rings (SSSR count). The third-order valence-electron chi connectivity index (χ3n) is 3.71. The zero-order valence-corrected chi connectivity index (χ0v) is 10.3. The van der Waals surface area contributed by atoms with Gasteiger partial charge in [0.1, 0.15) is 6.10 Å². The van der Waals surface area contributed by atoms with Crippen LogP contribution >= 0.6 is 0 Å². The molecule has 2 fully saturated rings. The Morgan fingerprint density at radius 2 is 1.82 bits per heavy atom. The van der Waals surface area contributed by atoms with Crippen LogP contribution in [0.15, 0.2) is 0 Å². The van der Waals surface area contributed by atoms with Crippen LogP contribution in [-0.4, -0.2) is 90.7 Å². The Labute approximate surface area is 102 Å². The van der Waals surface area contributed by atoms with Crippen LogP contribution in [0, 0.1) is 0 Å². The van der Waals surface area contributed by atoms with Crippen LogP contribution in [0.1, 0.15) is 0 Å². The van der Waals surface area contributed by atoms with Gasteiger partial charge in [0.05, 0.1) is 24.9 Å². The molecule has 0 aromatic rings. The summed E-state index contributed by atoms with van der Waals surface area (Å²) < 4.78 is 5.51. The first-order valence-electron chi connectivity index (χ1n) is 6.22. The molecule has 2 aliphatic rings. The van der Waals surface area contributed by atoms with Crippen molar-refractivity contribution in [1.29, 1.82) is 0 Å². The first-order valence-corrected chi connectivity index (χ1v) is 6.22. The highest BCUT2D eigenvalue weighted by Gasteiger charge is 2.37. The van der Waals surface area contributed by atoms with E-state index in [1.807, 2.05) is 0 Å². The van der Waals surface area contributed by atoms with Crippen LogP contribution in [0.2, 0.25) is 0 Å². The number of hydrogen-bond acceptors (Lipinski definition) is 6. The molecule has 2 heterocycles. The van der Waals surface area contributed by atoms with E-state index in [0.717, 1.165) is 26.2 Å². The van der Waals surface area contributed by atoms with E-state index in [1.165, 1.54) is 0 Å². The third-order valence-corrected chi connectivity index (χ3v) is 3.71. The summed E-state index contributed by atoms with van der Waals surface area (Å²) in [6, 6.07) is -0.478. The van der Waals surface area contributed by atoms with Gasteiger partial charge in [-0.15, -0.1) is 0 Å². The van der Waals surface area contributed by atoms with Crippen LogP contribution in [0.25, 0.3) is 0 Å². The molecule has 0 saturated carbocycles. The monoisotopic (exact) mass is 245 g/mol. The molecule has 100 valence electrons. The molecule has 6 nitrogen and oxygen atoms in total. The SMILES string of the molecule is CN1CCN(C[C@H]2OC[C@H](N)[C@@H](O)[C@H]2O)CC1. The van der Waals surface area contributed by atoms with E-state index in [9.17, 15) is 10.2 Å². The Bertz CT molecular complexity index is 246. The van der Waals surface area contributed by atoms with Crippen molar-refractivity contribution in [3.8, 4) is 0 Å². The predicted molar refractivity (Wildman–Crippen MR) is 63.7 cm³/mol. The molecule has 0 bridgehead atoms. The lowest BCUT2D eigenvalue weighted by atomic mass is 9.98. The van der Waals surface area contributed by atoms with E-state index in [4.69, 9.17) is 10.5 Å². The van der Waals surface area contributed by atoms with Crippen LogP contribution in [0.4, 0.5) is 0 Å². The summed E-state index contributed by atoms with van der Waals surface area (Å²) in [7, 11) is 2.10. The molecule has 0 aromatic carbocycles. The number of hydrogen-bond donors (Lipinski definition) is 3. The minimum absolute atomic E-state index is 0.316. The molecule has 6 heteroatoms. The zero-order chi connectivity index (χ0) is 12.4. The second-order valence-electron chi connectivity index (χ2n) is 5.12. The van der Waals surface area contributed by atoms with Gasteiger partial charge in [-0.25, -0.2) is 0 Å². The van der Waals surface area contributed by atoms with Gasteiger partial charge in [0.15, 0.2) is 0 Å². The van der Waals surface area contributed by atoms with Crippen molar-refractivity contribution in [3.63, 3.8) is 0 Å². The van der Waals surface area contributed by atoms with Gasteiger partial charge in [-0.3, -0.25) is 4.90 Å². The smallest absolute Gasteiger partial charge is 0.109 e. The number of rotatable bonds is 2. The first kappa shape index (κ1) is 13.2. The standard InChI is InChI=1S/C11H23N3O3/c1-13-2-4-14(5-3-13)6-9-11(16)10(15)8(12)7-17-9/h8-11,15-16H,2-7,12H2,1H3/t8-,9+,10+,11-/m0/s1. The lowest BCUT2D eigenvalue weighted by Crippen LogP contribution is -2.60. The topological polar surface area (TPSA) is 82.2 Å². The van der Waals surface area contributed by atoms with E-state index < -0.39 is 18.2 Å². The maximum Gasteiger partial charge on any atom is 0.109 e. The number of aliphatic hydroxyl groups excluding tert-OH is 2. The van der Waals surface area contributed by atoms with Crippen LogP contribution in [-0.2, 0) is 4.74 Å². The van der Waals surface area contributed by atoms with Gasteiger partial charge >= 0.3 is 0 Å². The summed E-state index contributed by atoms with van der Waals surface area (Å²) in [5, 5.41) is 19.6. The Morgan fingerprint density at radius 1 is 1.18 bits per heavy atom. The summed E-state index contributed by atoms with van der Waals surface area (Å²) in [5.74, 6) is 0. The molecule has 0 aromatic heterocycles. The van der Waals surface area contributed by atoms with Gasteiger partial charge in [0, 0.05) is 32.7 Å². The lowest BCUT2D eigenvalue weighted by Gasteiger charge is -2.40.